The molecule has 51 heavy (non-hydrogen) atoms. The van der Waals surface area contributed by atoms with Gasteiger partial charge >= 0.3 is 0 Å². The van der Waals surface area contributed by atoms with Crippen molar-refractivity contribution in [3.05, 3.63) is 113 Å². The first-order valence-corrected chi connectivity index (χ1v) is 17.4. The Bertz CT molecular complexity index is 2330. The van der Waals surface area contributed by atoms with Gasteiger partial charge in [0.2, 0.25) is 5.91 Å². The fourth-order valence-electron chi connectivity index (χ4n) is 7.31. The monoisotopic (exact) mass is 682 g/mol. The first-order chi connectivity index (χ1) is 24.5. The Morgan fingerprint density at radius 2 is 1.65 bits per heavy atom. The SMILES string of the molecule is C=CC1=C(C)c2cc3nc(c(CCC(N)=O)c4c(C)c(C)c(cc5[nH]c(cc1n2)c(C)c5C(=O)NCCCn1ccnc1)n4CC)C(C)=C3C=C. The Morgan fingerprint density at radius 1 is 0.922 bits per heavy atom. The number of carbonyl (C=O) groups is 2. The molecule has 0 unspecified atom stereocenters. The molecule has 10 heteroatoms. The first-order valence-electron chi connectivity index (χ1n) is 17.4. The van der Waals surface area contributed by atoms with Crippen molar-refractivity contribution in [3.8, 4) is 0 Å². The van der Waals surface area contributed by atoms with Crippen LogP contribution in [0.15, 0.2) is 62.2 Å². The van der Waals surface area contributed by atoms with Crippen molar-refractivity contribution in [2.45, 2.75) is 73.9 Å². The highest BCUT2D eigenvalue weighted by atomic mass is 16.2. The number of imidazole rings is 1. The lowest BCUT2D eigenvalue weighted by Gasteiger charge is -2.11. The van der Waals surface area contributed by atoms with Crippen LogP contribution in [-0.2, 0) is 24.3 Å². The lowest BCUT2D eigenvalue weighted by molar-refractivity contribution is -0.117. The summed E-state index contributed by atoms with van der Waals surface area (Å²) in [7, 11) is 0. The molecule has 0 aromatic carbocycles. The molecule has 4 aromatic heterocycles. The second-order valence-electron chi connectivity index (χ2n) is 13.2. The molecule has 4 aromatic rings. The molecule has 0 saturated heterocycles. The molecule has 0 radical (unpaired) electrons. The number of aromatic nitrogens is 6. The number of nitrogens with one attached hydrogen (secondary N) is 2. The van der Waals surface area contributed by atoms with E-state index in [0.717, 1.165) is 96.8 Å². The summed E-state index contributed by atoms with van der Waals surface area (Å²) in [5.41, 5.74) is 20.5. The van der Waals surface area contributed by atoms with E-state index in [4.69, 9.17) is 15.7 Å². The van der Waals surface area contributed by atoms with Crippen LogP contribution in [0.2, 0.25) is 0 Å². The fraction of sp³-hybridized carbons (Fsp3) is 0.293. The van der Waals surface area contributed by atoms with Crippen LogP contribution >= 0.6 is 0 Å². The Hall–Kier alpha value is -5.77. The summed E-state index contributed by atoms with van der Waals surface area (Å²) < 4.78 is 4.25. The number of amides is 2. The largest absolute Gasteiger partial charge is 0.370 e. The standard InChI is InChI=1S/C41H46N8O2/c1-9-28-25(6)31-19-34-29(10-2)26(7)39(47-34)30(13-14-37(42)50)40-24(5)23(4)36(49(40)11-3)21-35-38(27(8)32(46-35)20-33(28)45-31)41(51)44-15-12-17-48-18-16-43-22-48/h9-10,16,18-22,46H,1-2,11-15,17H2,3-8H3,(H2,42,50)(H,44,51). The summed E-state index contributed by atoms with van der Waals surface area (Å²) in [6, 6.07) is 6.06. The number of hydrogen-bond donors (Lipinski definition) is 3. The number of allylic oxidation sites excluding steroid dienone is 6. The maximum absolute atomic E-state index is 14.0. The van der Waals surface area contributed by atoms with Crippen LogP contribution in [0.5, 0.6) is 0 Å². The molecule has 0 saturated carbocycles. The topological polar surface area (TPSA) is 137 Å². The normalized spacial score (nSPS) is 12.8. The summed E-state index contributed by atoms with van der Waals surface area (Å²) in [4.78, 5) is 44.2. The molecule has 6 heterocycles. The number of primary amides is 1. The molecule has 2 aliphatic heterocycles. The number of H-pyrrole nitrogens is 1. The molecule has 10 nitrogen and oxygen atoms in total. The van der Waals surface area contributed by atoms with Crippen molar-refractivity contribution in [2.24, 2.45) is 5.73 Å². The van der Waals surface area contributed by atoms with Gasteiger partial charge < -0.3 is 25.2 Å². The second kappa shape index (κ2) is 14.2. The minimum absolute atomic E-state index is 0.151. The van der Waals surface area contributed by atoms with Crippen LogP contribution in [0.25, 0.3) is 44.4 Å². The van der Waals surface area contributed by atoms with E-state index in [0.29, 0.717) is 30.6 Å². The van der Waals surface area contributed by atoms with E-state index < -0.39 is 0 Å². The van der Waals surface area contributed by atoms with Crippen LogP contribution < -0.4 is 11.1 Å². The molecule has 0 fully saturated rings. The maximum Gasteiger partial charge on any atom is 0.253 e. The van der Waals surface area contributed by atoms with Crippen molar-refractivity contribution in [3.63, 3.8) is 0 Å². The van der Waals surface area contributed by atoms with Gasteiger partial charge in [-0.25, -0.2) is 15.0 Å². The second-order valence-corrected chi connectivity index (χ2v) is 13.2. The van der Waals surface area contributed by atoms with Crippen LogP contribution in [0.4, 0.5) is 0 Å². The van der Waals surface area contributed by atoms with E-state index in [1.54, 1.807) is 12.5 Å². The van der Waals surface area contributed by atoms with Crippen LogP contribution in [0.3, 0.4) is 0 Å². The van der Waals surface area contributed by atoms with Crippen LogP contribution in [0.1, 0.15) is 89.0 Å². The number of rotatable bonds is 11. The molecular formula is C41H46N8O2. The van der Waals surface area contributed by atoms with Gasteiger partial charge in [-0.05, 0) is 100 Å². The lowest BCUT2D eigenvalue weighted by atomic mass is 9.98. The average Bonchev–Trinajstić information content (AvgIpc) is 3.90. The Labute approximate surface area is 298 Å². The van der Waals surface area contributed by atoms with Crippen molar-refractivity contribution >= 4 is 56.2 Å². The zero-order valence-corrected chi connectivity index (χ0v) is 30.4. The van der Waals surface area contributed by atoms with Crippen molar-refractivity contribution < 1.29 is 9.59 Å². The van der Waals surface area contributed by atoms with Crippen molar-refractivity contribution in [2.75, 3.05) is 6.54 Å². The molecule has 4 N–H and O–H groups in total. The minimum Gasteiger partial charge on any atom is -0.370 e. The molecule has 2 amide bonds. The van der Waals surface area contributed by atoms with Crippen LogP contribution in [0, 0.1) is 20.8 Å². The number of aromatic amines is 1. The van der Waals surface area contributed by atoms with Gasteiger partial charge in [-0.15, -0.1) is 0 Å². The third-order valence-corrected chi connectivity index (χ3v) is 10.2. The van der Waals surface area contributed by atoms with E-state index in [1.165, 1.54) is 0 Å². The summed E-state index contributed by atoms with van der Waals surface area (Å²) in [6.45, 7) is 22.5. The summed E-state index contributed by atoms with van der Waals surface area (Å²) in [6.07, 6.45) is 10.4. The van der Waals surface area contributed by atoms with E-state index in [-0.39, 0.29) is 18.2 Å². The molecule has 2 aliphatic rings. The zero-order chi connectivity index (χ0) is 36.6. The quantitative estimate of drug-likeness (QED) is 0.142. The average molecular weight is 683 g/mol. The summed E-state index contributed by atoms with van der Waals surface area (Å²) >= 11 is 0. The number of aryl methyl sites for hydroxylation is 6. The maximum atomic E-state index is 14.0. The summed E-state index contributed by atoms with van der Waals surface area (Å²) in [5, 5.41) is 3.16. The minimum atomic E-state index is -0.377. The van der Waals surface area contributed by atoms with Gasteiger partial charge in [0.1, 0.15) is 0 Å². The molecule has 262 valence electrons. The first kappa shape index (κ1) is 35.1. The number of carbonyl (C=O) groups excluding carboxylic acids is 2. The Morgan fingerprint density at radius 3 is 2.31 bits per heavy atom. The molecule has 0 atom stereocenters. The van der Waals surface area contributed by atoms with Crippen LogP contribution in [-0.4, -0.2) is 47.4 Å². The van der Waals surface area contributed by atoms with Gasteiger partial charge in [-0.2, -0.15) is 0 Å². The summed E-state index contributed by atoms with van der Waals surface area (Å²) in [5.74, 6) is -0.528. The highest BCUT2D eigenvalue weighted by molar-refractivity contribution is 6.06. The van der Waals surface area contributed by atoms with Gasteiger partial charge in [-0.3, -0.25) is 9.59 Å². The number of hydrogen-bond acceptors (Lipinski definition) is 5. The highest BCUT2D eigenvalue weighted by Gasteiger charge is 2.24. The van der Waals surface area contributed by atoms with Crippen molar-refractivity contribution in [1.82, 2.24) is 34.4 Å². The predicted octanol–water partition coefficient (Wildman–Crippen LogP) is 7.40. The third kappa shape index (κ3) is 6.38. The van der Waals surface area contributed by atoms with E-state index >= 15 is 0 Å². The number of nitrogens with zero attached hydrogens (tertiary/aromatic N) is 5. The van der Waals surface area contributed by atoms with Gasteiger partial charge in [0, 0.05) is 71.7 Å². The smallest absolute Gasteiger partial charge is 0.253 e. The number of nitrogens with two attached hydrogens (primary N) is 1. The van der Waals surface area contributed by atoms with E-state index in [9.17, 15) is 9.59 Å². The Balaban J connectivity index is 1.70. The number of fused-ring (bicyclic) bond motifs is 8. The van der Waals surface area contributed by atoms with E-state index in [1.807, 2.05) is 55.8 Å². The molecule has 0 aliphatic carbocycles. The lowest BCUT2D eigenvalue weighted by Crippen LogP contribution is -2.25. The predicted molar refractivity (Wildman–Crippen MR) is 207 cm³/mol. The van der Waals surface area contributed by atoms with Gasteiger partial charge in [-0.1, -0.05) is 25.3 Å². The van der Waals surface area contributed by atoms with Gasteiger partial charge in [0.05, 0.1) is 40.2 Å². The van der Waals surface area contributed by atoms with Gasteiger partial charge in [0.15, 0.2) is 0 Å². The highest BCUT2D eigenvalue weighted by Crippen LogP contribution is 2.38. The third-order valence-electron chi connectivity index (χ3n) is 10.2. The molecule has 6 rings (SSSR count). The molecular weight excluding hydrogens is 637 g/mol. The molecule has 8 bridgehead atoms. The molecule has 0 spiro atoms. The Kier molecular flexibility index (Phi) is 9.78. The van der Waals surface area contributed by atoms with Crippen molar-refractivity contribution in [1.29, 1.82) is 0 Å². The van der Waals surface area contributed by atoms with E-state index in [2.05, 4.69) is 59.8 Å². The zero-order valence-electron chi connectivity index (χ0n) is 30.4. The fourth-order valence-corrected chi connectivity index (χ4v) is 7.31. The van der Waals surface area contributed by atoms with Gasteiger partial charge in [0.25, 0.3) is 5.91 Å².